The fourth-order valence-electron chi connectivity index (χ4n) is 4.65. The standard InChI is InChI=1S/C30H34N/c1-19(2)12-24-15-26-17-30(27-14-21(4)13-22(5)23(27)6)31(7)18-29(26)28(16-24)25-10-8-20(3)9-11-25/h8-11,13-19H,12H2,1-7H3/q+1. The van der Waals surface area contributed by atoms with E-state index in [9.17, 15) is 0 Å². The molecule has 0 radical (unpaired) electrons. The summed E-state index contributed by atoms with van der Waals surface area (Å²) in [6.07, 6.45) is 3.41. The van der Waals surface area contributed by atoms with Gasteiger partial charge in [-0.1, -0.05) is 67.4 Å². The summed E-state index contributed by atoms with van der Waals surface area (Å²) in [6.45, 7) is 13.4. The lowest BCUT2D eigenvalue weighted by Gasteiger charge is -2.14. The van der Waals surface area contributed by atoms with E-state index in [-0.39, 0.29) is 0 Å². The highest BCUT2D eigenvalue weighted by molar-refractivity contribution is 5.97. The van der Waals surface area contributed by atoms with Crippen LogP contribution in [0.2, 0.25) is 0 Å². The second-order valence-electron chi connectivity index (χ2n) is 9.63. The molecule has 0 saturated carbocycles. The molecule has 0 fully saturated rings. The molecule has 4 rings (SSSR count). The SMILES string of the molecule is Cc1ccc(-c2cc(CC(C)C)cc3cc(-c4cc(C)cc(C)c4C)[n+](C)cc23)cc1. The molecule has 158 valence electrons. The normalized spacial score (nSPS) is 11.5. The van der Waals surface area contributed by atoms with Crippen LogP contribution >= 0.6 is 0 Å². The van der Waals surface area contributed by atoms with Crippen molar-refractivity contribution in [1.82, 2.24) is 0 Å². The Labute approximate surface area is 187 Å². The van der Waals surface area contributed by atoms with Gasteiger partial charge in [-0.2, -0.15) is 0 Å². The number of nitrogens with zero attached hydrogens (tertiary/aromatic N) is 1. The van der Waals surface area contributed by atoms with Gasteiger partial charge in [0.25, 0.3) is 0 Å². The first-order valence-electron chi connectivity index (χ1n) is 11.3. The predicted molar refractivity (Wildman–Crippen MR) is 133 cm³/mol. The number of fused-ring (bicyclic) bond motifs is 1. The molecule has 1 aromatic heterocycles. The highest BCUT2D eigenvalue weighted by atomic mass is 14.9. The van der Waals surface area contributed by atoms with E-state index in [0.717, 1.165) is 6.42 Å². The van der Waals surface area contributed by atoms with Crippen LogP contribution in [-0.2, 0) is 13.5 Å². The molecule has 0 aliphatic carbocycles. The maximum absolute atomic E-state index is 2.40. The lowest BCUT2D eigenvalue weighted by Crippen LogP contribution is -2.30. The minimum absolute atomic E-state index is 0.629. The zero-order valence-corrected chi connectivity index (χ0v) is 20.0. The average molecular weight is 409 g/mol. The first kappa shape index (κ1) is 21.3. The van der Waals surface area contributed by atoms with Crippen LogP contribution < -0.4 is 4.57 Å². The summed E-state index contributed by atoms with van der Waals surface area (Å²) in [7, 11) is 2.17. The molecule has 1 nitrogen and oxygen atoms in total. The van der Waals surface area contributed by atoms with Crippen molar-refractivity contribution in [3.63, 3.8) is 0 Å². The van der Waals surface area contributed by atoms with E-state index in [4.69, 9.17) is 0 Å². The molecule has 1 heterocycles. The molecule has 1 heteroatoms. The molecule has 0 spiro atoms. The fraction of sp³-hybridized carbons (Fsp3) is 0.300. The number of pyridine rings is 1. The summed E-state index contributed by atoms with van der Waals surface area (Å²) >= 11 is 0. The molecule has 31 heavy (non-hydrogen) atoms. The second-order valence-corrected chi connectivity index (χ2v) is 9.63. The maximum atomic E-state index is 2.40. The van der Waals surface area contributed by atoms with Gasteiger partial charge in [0.1, 0.15) is 7.05 Å². The van der Waals surface area contributed by atoms with Crippen LogP contribution in [0.25, 0.3) is 33.2 Å². The molecule has 0 saturated heterocycles. The summed E-state index contributed by atoms with van der Waals surface area (Å²) in [5.74, 6) is 0.629. The van der Waals surface area contributed by atoms with Crippen molar-refractivity contribution in [3.8, 4) is 22.4 Å². The van der Waals surface area contributed by atoms with Gasteiger partial charge in [0.15, 0.2) is 6.20 Å². The van der Waals surface area contributed by atoms with Crippen molar-refractivity contribution in [1.29, 1.82) is 0 Å². The number of hydrogen-bond donors (Lipinski definition) is 0. The van der Waals surface area contributed by atoms with Crippen molar-refractivity contribution in [2.75, 3.05) is 0 Å². The summed E-state index contributed by atoms with van der Waals surface area (Å²) in [4.78, 5) is 0. The van der Waals surface area contributed by atoms with E-state index in [1.54, 1.807) is 0 Å². The minimum Gasteiger partial charge on any atom is -0.200 e. The first-order valence-corrected chi connectivity index (χ1v) is 11.3. The minimum atomic E-state index is 0.629. The Morgan fingerprint density at radius 2 is 1.48 bits per heavy atom. The average Bonchev–Trinajstić information content (AvgIpc) is 2.70. The van der Waals surface area contributed by atoms with E-state index in [2.05, 4.69) is 114 Å². The van der Waals surface area contributed by atoms with Gasteiger partial charge in [-0.15, -0.1) is 0 Å². The van der Waals surface area contributed by atoms with Crippen LogP contribution in [0.3, 0.4) is 0 Å². The fourth-order valence-corrected chi connectivity index (χ4v) is 4.65. The summed E-state index contributed by atoms with van der Waals surface area (Å²) in [5.41, 5.74) is 11.9. The van der Waals surface area contributed by atoms with Crippen LogP contribution in [0.4, 0.5) is 0 Å². The highest BCUT2D eigenvalue weighted by Gasteiger charge is 2.18. The Morgan fingerprint density at radius 3 is 2.16 bits per heavy atom. The first-order chi connectivity index (χ1) is 14.7. The zero-order chi connectivity index (χ0) is 22.3. The number of hydrogen-bond acceptors (Lipinski definition) is 0. The van der Waals surface area contributed by atoms with E-state index in [1.165, 1.54) is 61.0 Å². The largest absolute Gasteiger partial charge is 0.213 e. The second kappa shape index (κ2) is 8.30. The maximum Gasteiger partial charge on any atom is 0.213 e. The molecule has 0 N–H and O–H groups in total. The zero-order valence-electron chi connectivity index (χ0n) is 20.0. The van der Waals surface area contributed by atoms with Crippen molar-refractivity contribution in [3.05, 3.63) is 88.6 Å². The topological polar surface area (TPSA) is 3.88 Å². The van der Waals surface area contributed by atoms with Crippen molar-refractivity contribution in [2.24, 2.45) is 13.0 Å². The van der Waals surface area contributed by atoms with Crippen LogP contribution in [0.5, 0.6) is 0 Å². The Morgan fingerprint density at radius 1 is 0.774 bits per heavy atom. The van der Waals surface area contributed by atoms with Gasteiger partial charge in [-0.05, 0) is 79.3 Å². The van der Waals surface area contributed by atoms with Crippen molar-refractivity contribution < 1.29 is 4.57 Å². The van der Waals surface area contributed by atoms with Gasteiger partial charge in [-0.25, -0.2) is 4.57 Å². The van der Waals surface area contributed by atoms with Gasteiger partial charge in [0, 0.05) is 11.6 Å². The third kappa shape index (κ3) is 4.28. The highest BCUT2D eigenvalue weighted by Crippen LogP contribution is 2.33. The lowest BCUT2D eigenvalue weighted by atomic mass is 9.91. The molecule has 0 bridgehead atoms. The van der Waals surface area contributed by atoms with E-state index < -0.39 is 0 Å². The molecule has 0 aliphatic heterocycles. The Balaban J connectivity index is 2.00. The molecule has 0 amide bonds. The number of aryl methyl sites for hydroxylation is 4. The summed E-state index contributed by atoms with van der Waals surface area (Å²) < 4.78 is 2.29. The van der Waals surface area contributed by atoms with Gasteiger partial charge >= 0.3 is 0 Å². The molecule has 0 aliphatic rings. The smallest absolute Gasteiger partial charge is 0.200 e. The van der Waals surface area contributed by atoms with Crippen molar-refractivity contribution in [2.45, 2.75) is 48.0 Å². The molecular weight excluding hydrogens is 374 g/mol. The lowest BCUT2D eigenvalue weighted by molar-refractivity contribution is -0.659. The van der Waals surface area contributed by atoms with Crippen LogP contribution in [0, 0.1) is 33.6 Å². The predicted octanol–water partition coefficient (Wildman–Crippen LogP) is 7.43. The quantitative estimate of drug-likeness (QED) is 0.309. The Hall–Kier alpha value is -2.93. The van der Waals surface area contributed by atoms with E-state index >= 15 is 0 Å². The number of rotatable bonds is 4. The van der Waals surface area contributed by atoms with Crippen LogP contribution in [0.1, 0.15) is 41.7 Å². The van der Waals surface area contributed by atoms with Gasteiger partial charge in [0.05, 0.1) is 5.39 Å². The molecule has 0 atom stereocenters. The van der Waals surface area contributed by atoms with Gasteiger partial charge in [0.2, 0.25) is 5.69 Å². The van der Waals surface area contributed by atoms with Gasteiger partial charge in [-0.3, -0.25) is 0 Å². The molecular formula is C30H34N+. The van der Waals surface area contributed by atoms with Crippen molar-refractivity contribution >= 4 is 10.8 Å². The number of benzene rings is 3. The molecule has 3 aromatic carbocycles. The Bertz CT molecular complexity index is 1260. The monoisotopic (exact) mass is 408 g/mol. The number of aromatic nitrogens is 1. The summed E-state index contributed by atoms with van der Waals surface area (Å²) in [5, 5.41) is 2.63. The molecule has 4 aromatic rings. The Kier molecular flexibility index (Phi) is 5.71. The third-order valence-corrected chi connectivity index (χ3v) is 6.36. The molecule has 0 unspecified atom stereocenters. The van der Waals surface area contributed by atoms with Crippen LogP contribution in [0.15, 0.2) is 60.8 Å². The summed E-state index contributed by atoms with van der Waals surface area (Å²) in [6, 6.07) is 20.7. The third-order valence-electron chi connectivity index (χ3n) is 6.36. The van der Waals surface area contributed by atoms with Crippen LogP contribution in [-0.4, -0.2) is 0 Å². The van der Waals surface area contributed by atoms with E-state index in [0.29, 0.717) is 5.92 Å². The van der Waals surface area contributed by atoms with Gasteiger partial charge < -0.3 is 0 Å². The van der Waals surface area contributed by atoms with E-state index in [1.807, 2.05) is 0 Å².